The van der Waals surface area contributed by atoms with E-state index >= 15 is 0 Å². The van der Waals surface area contributed by atoms with Gasteiger partial charge in [0.2, 0.25) is 0 Å². The Bertz CT molecular complexity index is 8820. The highest BCUT2D eigenvalue weighted by Crippen LogP contribution is 2.48. The number of benzene rings is 6. The summed E-state index contributed by atoms with van der Waals surface area (Å²) in [6.07, 6.45) is 50.2. The third kappa shape index (κ3) is 15.2. The van der Waals surface area contributed by atoms with Crippen molar-refractivity contribution in [3.63, 3.8) is 0 Å². The molecule has 17 aromatic heterocycles. The number of aryl methyl sites for hydroxylation is 5. The van der Waals surface area contributed by atoms with Crippen molar-refractivity contribution in [2.24, 2.45) is 0 Å². The van der Waals surface area contributed by atoms with Crippen molar-refractivity contribution in [3.05, 3.63) is 268 Å². The second-order valence-corrected chi connectivity index (χ2v) is 42.0. The van der Waals surface area contributed by atoms with E-state index in [0.29, 0.717) is 6.42 Å². The highest BCUT2D eigenvalue weighted by Gasteiger charge is 2.41. The molecule has 1 aliphatic heterocycles. The molecule has 6 aliphatic rings. The first-order valence-corrected chi connectivity index (χ1v) is 51.2. The zero-order chi connectivity index (χ0) is 93.2. The predicted octanol–water partition coefficient (Wildman–Crippen LogP) is 22.5. The Morgan fingerprint density at radius 1 is 0.353 bits per heavy atom. The summed E-state index contributed by atoms with van der Waals surface area (Å²) in [7, 11) is -3.00. The van der Waals surface area contributed by atoms with Crippen molar-refractivity contribution < 1.29 is 8.42 Å². The molecule has 0 saturated carbocycles. The van der Waals surface area contributed by atoms with E-state index < -0.39 is 15.4 Å². The molecule has 0 amide bonds. The molecule has 1 unspecified atom stereocenters. The van der Waals surface area contributed by atoms with Gasteiger partial charge >= 0.3 is 0 Å². The van der Waals surface area contributed by atoms with Crippen LogP contribution in [0.25, 0.3) is 194 Å². The summed E-state index contributed by atoms with van der Waals surface area (Å²) in [6.45, 7) is 8.62. The van der Waals surface area contributed by atoms with Crippen LogP contribution in [0, 0.1) is 0 Å². The molecule has 30 heteroatoms. The van der Waals surface area contributed by atoms with Crippen LogP contribution in [0.3, 0.4) is 0 Å². The number of rotatable bonds is 9. The van der Waals surface area contributed by atoms with E-state index in [1.54, 1.807) is 17.5 Å². The molecule has 1 fully saturated rings. The summed E-state index contributed by atoms with van der Waals surface area (Å²) < 4.78 is 27.9. The molecule has 0 bridgehead atoms. The molecule has 1 atom stereocenters. The summed E-state index contributed by atoms with van der Waals surface area (Å²) in [5.74, 6) is 0.367. The molecule has 5 aliphatic carbocycles. The number of para-hydroxylation sites is 1. The molecule has 690 valence electrons. The molecule has 28 nitrogen and oxygen atoms in total. The minimum atomic E-state index is -3.00. The fourth-order valence-corrected chi connectivity index (χ4v) is 25.6. The van der Waals surface area contributed by atoms with Gasteiger partial charge in [-0.1, -0.05) is 39.0 Å². The Hall–Kier alpha value is -15.4. The van der Waals surface area contributed by atoms with Crippen LogP contribution in [0.5, 0.6) is 0 Å². The smallest absolute Gasteiger partial charge is 0.152 e. The minimum Gasteiger partial charge on any atom is -0.281 e. The van der Waals surface area contributed by atoms with Crippen LogP contribution in [0.2, 0.25) is 0 Å². The van der Waals surface area contributed by atoms with Gasteiger partial charge in [0, 0.05) is 134 Å². The molecule has 0 radical (unpaired) electrons. The SMILES string of the molecule is CC(C)(C)c1[nH]ncc1-c1nc2ccc3[nH]ncc3c2c2c1CCCC2.CC1(n2cc(-c3nc4ccc5[nH]ncc5c4c4c3CCCC4)cn2)CCS(=O)(=O)C1.c1cc(-c2[nH]ncc2-c2nc3ccc4[nH]ncc4c3c3c2CCCC3)cs1.c1ccc(-n2cc(-c3nc4ccc5[nH]ncc5c4c4c3CCCC4)cn2)cc1.c1cncc(-c2[nH]ncc2-c2nc3ccc4[nH]ncc4c3c3c2CCCC3)c1. The van der Waals surface area contributed by atoms with E-state index in [2.05, 4.69) is 207 Å². The highest BCUT2D eigenvalue weighted by atomic mass is 32.2. The van der Waals surface area contributed by atoms with Gasteiger partial charge in [-0.25, -0.2) is 38.0 Å². The number of thiophene rings is 1. The fraction of sp³-hybridized carbons (Fsp3) is 0.266. The number of nitrogens with zero attached hydrogens (tertiary/aromatic N) is 18. The molecule has 0 spiro atoms. The van der Waals surface area contributed by atoms with E-state index in [1.807, 2.05) is 127 Å². The summed E-state index contributed by atoms with van der Waals surface area (Å²) >= 11 is 1.70. The van der Waals surface area contributed by atoms with E-state index in [4.69, 9.17) is 24.9 Å². The third-order valence-corrected chi connectivity index (χ3v) is 32.0. The first-order valence-electron chi connectivity index (χ1n) is 48.4. The minimum absolute atomic E-state index is 0.00146. The Balaban J connectivity index is 0.0000000920. The molecule has 29 rings (SSSR count). The fourth-order valence-electron chi connectivity index (χ4n) is 22.8. The topological polar surface area (TPSA) is 377 Å². The Morgan fingerprint density at radius 2 is 0.727 bits per heavy atom. The first kappa shape index (κ1) is 85.2. The number of hydrogen-bond donors (Lipinski definition) is 8. The maximum Gasteiger partial charge on any atom is 0.152 e. The lowest BCUT2D eigenvalue weighted by atomic mass is 9.83. The number of aromatic amines is 8. The average molecular weight is 1870 g/mol. The first-order chi connectivity index (χ1) is 68.2. The Kier molecular flexibility index (Phi) is 21.3. The summed E-state index contributed by atoms with van der Waals surface area (Å²) in [4.78, 5) is 29.8. The molecule has 23 aromatic rings. The molecule has 1 saturated heterocycles. The lowest BCUT2D eigenvalue weighted by Crippen LogP contribution is -2.31. The second-order valence-electron chi connectivity index (χ2n) is 39.1. The van der Waals surface area contributed by atoms with Gasteiger partial charge in [-0.15, -0.1) is 0 Å². The molecule has 8 N–H and O–H groups in total. The van der Waals surface area contributed by atoms with Gasteiger partial charge in [0.05, 0.1) is 180 Å². The van der Waals surface area contributed by atoms with Crippen LogP contribution in [-0.4, -0.2) is 151 Å². The van der Waals surface area contributed by atoms with Crippen molar-refractivity contribution in [1.82, 2.24) is 131 Å². The van der Waals surface area contributed by atoms with Gasteiger partial charge in [-0.05, 0) is 294 Å². The average Bonchev–Trinajstić information content (AvgIpc) is 1.19. The molecule has 18 heterocycles. The number of nitrogens with one attached hydrogen (secondary N) is 8. The summed E-state index contributed by atoms with van der Waals surface area (Å²) in [5, 5.41) is 84.8. The number of H-pyrrole nitrogens is 8. The van der Waals surface area contributed by atoms with E-state index in [9.17, 15) is 8.42 Å². The van der Waals surface area contributed by atoms with Crippen LogP contribution >= 0.6 is 11.3 Å². The lowest BCUT2D eigenvalue weighted by molar-refractivity contribution is 0.328. The van der Waals surface area contributed by atoms with E-state index in [1.165, 1.54) is 162 Å². The zero-order valence-electron chi connectivity index (χ0n) is 77.6. The quantitative estimate of drug-likeness (QED) is 0.0665. The van der Waals surface area contributed by atoms with Crippen molar-refractivity contribution in [1.29, 1.82) is 0 Å². The largest absolute Gasteiger partial charge is 0.281 e. The van der Waals surface area contributed by atoms with E-state index in [0.717, 1.165) is 221 Å². The molecular weight excluding hydrogens is 1770 g/mol. The summed E-state index contributed by atoms with van der Waals surface area (Å²) in [5.41, 5.74) is 40.9. The van der Waals surface area contributed by atoms with Gasteiger partial charge in [0.15, 0.2) is 9.84 Å². The highest BCUT2D eigenvalue weighted by molar-refractivity contribution is 7.91. The molecule has 6 aromatic carbocycles. The Labute approximate surface area is 801 Å². The molecular formula is C109H100N26O2S2. The monoisotopic (exact) mass is 1870 g/mol. The van der Waals surface area contributed by atoms with Crippen molar-refractivity contribution >= 4 is 130 Å². The standard InChI is InChI=1S/C23H19N5.C22H18N6.C22H23N5O2S.C21H17N5S.C21H23N5/c1-2-6-16(7-3-1)28-14-15(12-25-28)23-18-9-5-4-8-17(18)22-19-13-24-27-20(19)10-11-21(22)26-23;1-2-6-15-14(5-1)20-16-11-24-27-18(16)7-8-19(20)26-22(15)17-12-25-28-21(17)13-4-3-9-23-10-13;1-22(8-9-30(28,29)13-22)27-12-14(10-24-27)21-16-5-3-2-4-15(16)20-17-11-23-26-18(17)6-7-19(20)25-21;1-2-4-14-13(3-1)19-15-9-22-25-17(15)5-6-18(19)24-21(14)16-10-23-26-20(16)12-7-8-27-11-12;1-21(2,3)20-15(11-23-26-20)19-13-7-5-4-6-12(13)18-14-10-22-25-16(14)8-9-17(18)24-19/h1-3,6-7,10-14H,4-5,8-9H2,(H,24,27);3-4,7-12H,1-2,5-6H2,(H,24,27)(H,25,28);6-7,10-12H,2-5,8-9,13H2,1H3,(H,23,26);5-11H,1-4H2,(H,22,25)(H,23,26);8-11H,4-7H2,1-3H3,(H,22,25)(H,23,26). The van der Waals surface area contributed by atoms with Crippen molar-refractivity contribution in [3.8, 4) is 84.5 Å². The number of fused-ring (bicyclic) bond motifs is 25. The van der Waals surface area contributed by atoms with Crippen LogP contribution in [0.1, 0.15) is 160 Å². The van der Waals surface area contributed by atoms with Crippen molar-refractivity contribution in [2.45, 2.75) is 173 Å². The van der Waals surface area contributed by atoms with Crippen LogP contribution < -0.4 is 0 Å². The lowest BCUT2D eigenvalue weighted by Gasteiger charge is -2.24. The number of sulfone groups is 1. The van der Waals surface area contributed by atoms with Crippen LogP contribution in [0.15, 0.2) is 207 Å². The van der Waals surface area contributed by atoms with Crippen molar-refractivity contribution in [2.75, 3.05) is 11.5 Å². The maximum absolute atomic E-state index is 12.1. The van der Waals surface area contributed by atoms with Crippen LogP contribution in [-0.2, 0) is 85.0 Å². The number of pyridine rings is 6. The van der Waals surface area contributed by atoms with Gasteiger partial charge in [-0.3, -0.25) is 50.5 Å². The second kappa shape index (κ2) is 34.7. The third-order valence-electron chi connectivity index (χ3n) is 29.4. The van der Waals surface area contributed by atoms with Gasteiger partial charge in [0.1, 0.15) is 0 Å². The Morgan fingerprint density at radius 3 is 1.12 bits per heavy atom. The predicted molar refractivity (Wildman–Crippen MR) is 549 cm³/mol. The number of aromatic nitrogens is 26. The van der Waals surface area contributed by atoms with Gasteiger partial charge in [0.25, 0.3) is 0 Å². The normalized spacial score (nSPS) is 16.1. The molecule has 139 heavy (non-hydrogen) atoms. The summed E-state index contributed by atoms with van der Waals surface area (Å²) in [6, 6.07) is 37.1. The van der Waals surface area contributed by atoms with Gasteiger partial charge in [-0.2, -0.15) is 62.3 Å². The maximum atomic E-state index is 12.1. The van der Waals surface area contributed by atoms with Crippen LogP contribution in [0.4, 0.5) is 0 Å². The van der Waals surface area contributed by atoms with E-state index in [-0.39, 0.29) is 16.9 Å². The number of hydrogen-bond acceptors (Lipinski definition) is 19. The van der Waals surface area contributed by atoms with Gasteiger partial charge < -0.3 is 0 Å². The zero-order valence-corrected chi connectivity index (χ0v) is 79.2.